The van der Waals surface area contributed by atoms with Crippen LogP contribution in [0.4, 0.5) is 5.69 Å². The van der Waals surface area contributed by atoms with Gasteiger partial charge in [-0.1, -0.05) is 24.8 Å². The van der Waals surface area contributed by atoms with Crippen LogP contribution in [0.1, 0.15) is 23.0 Å². The number of anilines is 1. The number of hydrogen-bond acceptors (Lipinski definition) is 6. The van der Waals surface area contributed by atoms with E-state index in [-0.39, 0.29) is 17.2 Å². The number of carbonyl (C=O) groups excluding carboxylic acids is 2. The van der Waals surface area contributed by atoms with E-state index in [0.717, 1.165) is 11.8 Å². The Morgan fingerprint density at radius 3 is 2.83 bits per heavy atom. The monoisotopic (exact) mass is 347 g/mol. The summed E-state index contributed by atoms with van der Waals surface area (Å²) >= 11 is 1.14. The summed E-state index contributed by atoms with van der Waals surface area (Å²) in [5.41, 5.74) is 1.28. The number of nitrogens with one attached hydrogen (secondary N) is 2. The lowest BCUT2D eigenvalue weighted by atomic mass is 10.2. The van der Waals surface area contributed by atoms with Crippen molar-refractivity contribution in [2.24, 2.45) is 0 Å². The lowest BCUT2D eigenvalue weighted by Crippen LogP contribution is -2.16. The summed E-state index contributed by atoms with van der Waals surface area (Å²) in [5.74, 6) is -0.663. The molecular weight excluding hydrogens is 330 g/mol. The number of ether oxygens (including phenoxy) is 1. The third-order valence-corrected chi connectivity index (χ3v) is 3.92. The van der Waals surface area contributed by atoms with Gasteiger partial charge in [0.15, 0.2) is 5.16 Å². The number of H-pyrrole nitrogens is 1. The third-order valence-electron chi connectivity index (χ3n) is 3.04. The molecule has 0 radical (unpaired) electrons. The average molecular weight is 347 g/mol. The van der Waals surface area contributed by atoms with Gasteiger partial charge in [0.05, 0.1) is 18.4 Å². The number of carbonyl (C=O) groups is 2. The second kappa shape index (κ2) is 8.30. The number of benzene rings is 1. The summed E-state index contributed by atoms with van der Waals surface area (Å²) in [5, 5.41) is 3.09. The van der Waals surface area contributed by atoms with Crippen molar-refractivity contribution in [3.8, 4) is 0 Å². The molecule has 2 rings (SSSR count). The van der Waals surface area contributed by atoms with E-state index in [9.17, 15) is 14.4 Å². The topological polar surface area (TPSA) is 101 Å². The van der Waals surface area contributed by atoms with Gasteiger partial charge in [-0.2, -0.15) is 0 Å². The Morgan fingerprint density at radius 2 is 2.12 bits per heavy atom. The van der Waals surface area contributed by atoms with Crippen LogP contribution in [0.15, 0.2) is 40.3 Å². The normalized spacial score (nSPS) is 10.2. The highest BCUT2D eigenvalue weighted by molar-refractivity contribution is 7.99. The molecule has 1 aromatic carbocycles. The first-order chi connectivity index (χ1) is 11.5. The quantitative estimate of drug-likeness (QED) is 0.470. The van der Waals surface area contributed by atoms with Crippen molar-refractivity contribution in [2.45, 2.75) is 18.5 Å². The number of amides is 1. The van der Waals surface area contributed by atoms with Gasteiger partial charge in [-0.3, -0.25) is 9.59 Å². The maximum absolute atomic E-state index is 12.0. The molecule has 24 heavy (non-hydrogen) atoms. The zero-order chi connectivity index (χ0) is 17.5. The highest BCUT2D eigenvalue weighted by Gasteiger charge is 2.09. The largest absolute Gasteiger partial charge is 0.465 e. The molecule has 0 bridgehead atoms. The predicted octanol–water partition coefficient (Wildman–Crippen LogP) is 1.85. The SMILES string of the molecule is CCc1cc(=O)[nH]c(SCC(=O)Nc2cccc(C(=O)OC)c2)n1. The Kier molecular flexibility index (Phi) is 6.14. The molecule has 0 saturated heterocycles. The molecule has 0 fully saturated rings. The molecule has 1 amide bonds. The number of aryl methyl sites for hydroxylation is 1. The molecule has 8 heteroatoms. The second-order valence-electron chi connectivity index (χ2n) is 4.80. The van der Waals surface area contributed by atoms with Crippen LogP contribution >= 0.6 is 11.8 Å². The van der Waals surface area contributed by atoms with E-state index in [4.69, 9.17) is 0 Å². The summed E-state index contributed by atoms with van der Waals surface area (Å²) in [7, 11) is 1.29. The van der Waals surface area contributed by atoms with E-state index in [0.29, 0.717) is 28.5 Å². The standard InChI is InChI=1S/C16H17N3O4S/c1-3-11-8-13(20)19-16(18-11)24-9-14(21)17-12-6-4-5-10(7-12)15(22)23-2/h4-8H,3,9H2,1-2H3,(H,17,21)(H,18,19,20). The molecule has 2 N–H and O–H groups in total. The number of aromatic nitrogens is 2. The van der Waals surface area contributed by atoms with E-state index in [2.05, 4.69) is 20.0 Å². The Morgan fingerprint density at radius 1 is 1.33 bits per heavy atom. The molecule has 0 unspecified atom stereocenters. The summed E-state index contributed by atoms with van der Waals surface area (Å²) < 4.78 is 4.64. The van der Waals surface area contributed by atoms with Crippen molar-refractivity contribution in [3.05, 3.63) is 51.9 Å². The highest BCUT2D eigenvalue weighted by atomic mass is 32.2. The van der Waals surface area contributed by atoms with Crippen LogP contribution in [0.5, 0.6) is 0 Å². The number of rotatable bonds is 6. The molecular formula is C16H17N3O4S. The molecule has 126 valence electrons. The van der Waals surface area contributed by atoms with Crippen molar-refractivity contribution in [2.75, 3.05) is 18.2 Å². The molecule has 0 aliphatic rings. The van der Waals surface area contributed by atoms with Gasteiger partial charge < -0.3 is 15.0 Å². The second-order valence-corrected chi connectivity index (χ2v) is 5.77. The summed E-state index contributed by atoms with van der Waals surface area (Å²) in [4.78, 5) is 41.8. The van der Waals surface area contributed by atoms with Crippen LogP contribution in [0.25, 0.3) is 0 Å². The molecule has 0 aliphatic heterocycles. The number of hydrogen-bond donors (Lipinski definition) is 2. The van der Waals surface area contributed by atoms with Crippen molar-refractivity contribution in [3.63, 3.8) is 0 Å². The van der Waals surface area contributed by atoms with Gasteiger partial charge in [-0.15, -0.1) is 0 Å². The number of methoxy groups -OCH3 is 1. The van der Waals surface area contributed by atoms with E-state index >= 15 is 0 Å². The van der Waals surface area contributed by atoms with Crippen LogP contribution in [-0.2, 0) is 16.0 Å². The fraction of sp³-hybridized carbons (Fsp3) is 0.250. The average Bonchev–Trinajstić information content (AvgIpc) is 2.59. The van der Waals surface area contributed by atoms with Gasteiger partial charge in [-0.25, -0.2) is 9.78 Å². The highest BCUT2D eigenvalue weighted by Crippen LogP contribution is 2.15. The summed E-state index contributed by atoms with van der Waals surface area (Å²) in [6.45, 7) is 1.90. The number of nitrogens with zero attached hydrogens (tertiary/aromatic N) is 1. The van der Waals surface area contributed by atoms with E-state index in [1.54, 1.807) is 18.2 Å². The van der Waals surface area contributed by atoms with Gasteiger partial charge in [0, 0.05) is 17.4 Å². The first-order valence-electron chi connectivity index (χ1n) is 7.23. The van der Waals surface area contributed by atoms with Gasteiger partial charge >= 0.3 is 5.97 Å². The molecule has 0 saturated carbocycles. The number of esters is 1. The third kappa shape index (κ3) is 4.95. The van der Waals surface area contributed by atoms with Gasteiger partial charge in [0.2, 0.25) is 5.91 Å². The van der Waals surface area contributed by atoms with Crippen LogP contribution in [0.3, 0.4) is 0 Å². The Balaban J connectivity index is 1.98. The van der Waals surface area contributed by atoms with Crippen molar-refractivity contribution in [1.29, 1.82) is 0 Å². The van der Waals surface area contributed by atoms with Crippen LogP contribution in [0.2, 0.25) is 0 Å². The zero-order valence-electron chi connectivity index (χ0n) is 13.3. The minimum absolute atomic E-state index is 0.0819. The van der Waals surface area contributed by atoms with Gasteiger partial charge in [-0.05, 0) is 24.6 Å². The molecule has 7 nitrogen and oxygen atoms in total. The Hall–Kier alpha value is -2.61. The maximum Gasteiger partial charge on any atom is 0.337 e. The molecule has 0 atom stereocenters. The predicted molar refractivity (Wildman–Crippen MR) is 91.4 cm³/mol. The molecule has 2 aromatic rings. The maximum atomic E-state index is 12.0. The van der Waals surface area contributed by atoms with Crippen LogP contribution in [-0.4, -0.2) is 34.7 Å². The Bertz CT molecular complexity index is 804. The fourth-order valence-corrected chi connectivity index (χ4v) is 2.60. The number of aromatic amines is 1. The molecule has 1 heterocycles. The van der Waals surface area contributed by atoms with Crippen molar-refractivity contribution < 1.29 is 14.3 Å². The lowest BCUT2D eigenvalue weighted by Gasteiger charge is -2.07. The van der Waals surface area contributed by atoms with Crippen molar-refractivity contribution in [1.82, 2.24) is 9.97 Å². The smallest absolute Gasteiger partial charge is 0.337 e. The minimum atomic E-state index is -0.473. The van der Waals surface area contributed by atoms with E-state index in [1.807, 2.05) is 6.92 Å². The molecule has 1 aromatic heterocycles. The molecule has 0 aliphatic carbocycles. The summed E-state index contributed by atoms with van der Waals surface area (Å²) in [6.07, 6.45) is 0.643. The number of thioether (sulfide) groups is 1. The van der Waals surface area contributed by atoms with Crippen LogP contribution in [0, 0.1) is 0 Å². The van der Waals surface area contributed by atoms with Gasteiger partial charge in [0.1, 0.15) is 0 Å². The fourth-order valence-electron chi connectivity index (χ4n) is 1.91. The van der Waals surface area contributed by atoms with Gasteiger partial charge in [0.25, 0.3) is 5.56 Å². The van der Waals surface area contributed by atoms with Crippen molar-refractivity contribution >= 4 is 29.3 Å². The van der Waals surface area contributed by atoms with Crippen LogP contribution < -0.4 is 10.9 Å². The first-order valence-corrected chi connectivity index (χ1v) is 8.21. The van der Waals surface area contributed by atoms with E-state index < -0.39 is 5.97 Å². The zero-order valence-corrected chi connectivity index (χ0v) is 14.1. The molecule has 0 spiro atoms. The minimum Gasteiger partial charge on any atom is -0.465 e. The summed E-state index contributed by atoms with van der Waals surface area (Å²) in [6, 6.07) is 7.89. The first kappa shape index (κ1) is 17.7. The van der Waals surface area contributed by atoms with E-state index in [1.165, 1.54) is 19.2 Å². The Labute approximate surface area is 142 Å². The lowest BCUT2D eigenvalue weighted by molar-refractivity contribution is -0.113.